The molecule has 32 heavy (non-hydrogen) atoms. The molecule has 2 aromatic heterocycles. The smallest absolute Gasteiger partial charge is 0.305 e. The van der Waals surface area contributed by atoms with Crippen LogP contribution in [-0.4, -0.2) is 37.5 Å². The minimum Gasteiger partial charge on any atom is -0.305 e. The number of halogens is 3. The number of alkyl halides is 3. The van der Waals surface area contributed by atoms with Gasteiger partial charge in [-0.3, -0.25) is 9.79 Å². The van der Waals surface area contributed by atoms with Gasteiger partial charge in [-0.25, -0.2) is 4.68 Å². The second-order valence-electron chi connectivity index (χ2n) is 6.38. The third-order valence-corrected chi connectivity index (χ3v) is 5.09. The van der Waals surface area contributed by atoms with E-state index in [1.54, 1.807) is 23.6 Å². The van der Waals surface area contributed by atoms with Gasteiger partial charge in [0.15, 0.2) is 17.3 Å². The molecule has 1 aliphatic rings. The lowest BCUT2D eigenvalue weighted by molar-refractivity contribution is -0.142. The normalized spacial score (nSPS) is 13.4. The van der Waals surface area contributed by atoms with Gasteiger partial charge in [0.2, 0.25) is 0 Å². The number of aromatic nitrogens is 4. The number of rotatable bonds is 4. The van der Waals surface area contributed by atoms with E-state index in [1.807, 2.05) is 6.07 Å². The molecule has 0 unspecified atom stereocenters. The summed E-state index contributed by atoms with van der Waals surface area (Å²) in [5, 5.41) is 25.1. The summed E-state index contributed by atoms with van der Waals surface area (Å²) in [6.45, 7) is 0.363. The molecule has 0 fully saturated rings. The van der Waals surface area contributed by atoms with Gasteiger partial charge < -0.3 is 5.32 Å². The number of aliphatic imine (C=N–C) groups is 1. The van der Waals surface area contributed by atoms with Crippen LogP contribution in [0.3, 0.4) is 0 Å². The van der Waals surface area contributed by atoms with E-state index in [9.17, 15) is 18.0 Å². The molecular formula is C20H12F3N7OS. The quantitative estimate of drug-likeness (QED) is 0.641. The highest BCUT2D eigenvalue weighted by Crippen LogP contribution is 2.32. The topological polar surface area (TPSA) is 109 Å². The largest absolute Gasteiger partial charge is 0.433 e. The number of thioether (sulfide) groups is 1. The molecule has 12 heteroatoms. The predicted molar refractivity (Wildman–Crippen MR) is 111 cm³/mol. The van der Waals surface area contributed by atoms with Crippen molar-refractivity contribution in [2.45, 2.75) is 6.18 Å². The van der Waals surface area contributed by atoms with Gasteiger partial charge in [-0.05, 0) is 41.8 Å². The van der Waals surface area contributed by atoms with Gasteiger partial charge in [0, 0.05) is 5.56 Å². The average Bonchev–Trinajstić information content (AvgIpc) is 3.26. The van der Waals surface area contributed by atoms with Crippen LogP contribution in [-0.2, 0) is 6.18 Å². The first-order valence-electron chi connectivity index (χ1n) is 9.04. The summed E-state index contributed by atoms with van der Waals surface area (Å²) in [6.07, 6.45) is -2.90. The summed E-state index contributed by atoms with van der Waals surface area (Å²) in [7, 11) is 0. The molecule has 8 nitrogen and oxygen atoms in total. The monoisotopic (exact) mass is 455 g/mol. The van der Waals surface area contributed by atoms with E-state index in [-0.39, 0.29) is 22.9 Å². The van der Waals surface area contributed by atoms with Gasteiger partial charge in [0.1, 0.15) is 10.7 Å². The first kappa shape index (κ1) is 21.3. The molecule has 1 aromatic carbocycles. The molecule has 1 aliphatic heterocycles. The lowest BCUT2D eigenvalue weighted by Gasteiger charge is -2.09. The summed E-state index contributed by atoms with van der Waals surface area (Å²) in [5.74, 6) is -0.689. The van der Waals surface area contributed by atoms with Crippen LogP contribution in [0.4, 0.5) is 19.0 Å². The zero-order chi connectivity index (χ0) is 22.7. The Hall–Kier alpha value is -3.98. The highest BCUT2D eigenvalue weighted by atomic mass is 32.2. The van der Waals surface area contributed by atoms with Gasteiger partial charge in [-0.15, -0.1) is 10.2 Å². The number of amides is 1. The fourth-order valence-electron chi connectivity index (χ4n) is 2.76. The first-order valence-corrected chi connectivity index (χ1v) is 9.92. The predicted octanol–water partition coefficient (Wildman–Crippen LogP) is 3.81. The molecular weight excluding hydrogens is 443 g/mol. The van der Waals surface area contributed by atoms with Crippen molar-refractivity contribution in [3.8, 4) is 11.9 Å². The van der Waals surface area contributed by atoms with Gasteiger partial charge in [-0.2, -0.15) is 23.5 Å². The SMILES string of the molecule is N#Cc1cccc(C(=O)Nc2ccc(-n3nc(C4=NCC=CS4)cc3C(F)(F)F)nn2)c1. The Bertz CT molecular complexity index is 1270. The standard InChI is InChI=1S/C20H12F3N7OS/c21-20(22,23)15-10-14(19-25-7-2-8-32-19)29-30(15)17-6-5-16(27-28-17)26-18(31)13-4-1-3-12(9-13)11-24/h1-6,8-10H,7H2,(H,26,27,31). The van der Waals surface area contributed by atoms with Crippen LogP contribution in [0.25, 0.3) is 5.82 Å². The number of carbonyl (C=O) groups is 1. The van der Waals surface area contributed by atoms with Crippen LogP contribution >= 0.6 is 11.8 Å². The fourth-order valence-corrected chi connectivity index (χ4v) is 3.44. The zero-order valence-electron chi connectivity index (χ0n) is 16.0. The van der Waals surface area contributed by atoms with E-state index in [0.29, 0.717) is 21.8 Å². The minimum absolute atomic E-state index is 0.0272. The van der Waals surface area contributed by atoms with Crippen molar-refractivity contribution in [2.75, 3.05) is 11.9 Å². The number of nitrogens with zero attached hydrogens (tertiary/aromatic N) is 6. The van der Waals surface area contributed by atoms with Crippen molar-refractivity contribution in [3.05, 3.63) is 76.5 Å². The van der Waals surface area contributed by atoms with Gasteiger partial charge in [0.05, 0.1) is 18.2 Å². The summed E-state index contributed by atoms with van der Waals surface area (Å²) in [4.78, 5) is 16.5. The van der Waals surface area contributed by atoms with E-state index in [1.165, 1.54) is 36.0 Å². The Kier molecular flexibility index (Phi) is 5.74. The Morgan fingerprint density at radius 1 is 1.19 bits per heavy atom. The van der Waals surface area contributed by atoms with E-state index in [2.05, 4.69) is 25.6 Å². The molecule has 1 amide bonds. The maximum absolute atomic E-state index is 13.6. The molecule has 3 heterocycles. The van der Waals surface area contributed by atoms with Crippen LogP contribution in [0.1, 0.15) is 27.3 Å². The van der Waals surface area contributed by atoms with Crippen molar-refractivity contribution < 1.29 is 18.0 Å². The third kappa shape index (κ3) is 4.52. The van der Waals surface area contributed by atoms with Crippen LogP contribution < -0.4 is 5.32 Å². The minimum atomic E-state index is -4.68. The van der Waals surface area contributed by atoms with Crippen molar-refractivity contribution in [1.82, 2.24) is 20.0 Å². The Morgan fingerprint density at radius 3 is 2.69 bits per heavy atom. The lowest BCUT2D eigenvalue weighted by Crippen LogP contribution is -2.16. The summed E-state index contributed by atoms with van der Waals surface area (Å²) in [6, 6.07) is 11.4. The Balaban J connectivity index is 1.59. The number of anilines is 1. The first-order chi connectivity index (χ1) is 15.3. The Labute approximate surface area is 183 Å². The highest BCUT2D eigenvalue weighted by molar-refractivity contribution is 8.16. The van der Waals surface area contributed by atoms with Crippen molar-refractivity contribution in [3.63, 3.8) is 0 Å². The van der Waals surface area contributed by atoms with E-state index in [4.69, 9.17) is 5.26 Å². The third-order valence-electron chi connectivity index (χ3n) is 4.20. The van der Waals surface area contributed by atoms with E-state index >= 15 is 0 Å². The maximum Gasteiger partial charge on any atom is 0.433 e. The molecule has 1 N–H and O–H groups in total. The molecule has 0 saturated carbocycles. The van der Waals surface area contributed by atoms with Crippen molar-refractivity contribution in [1.29, 1.82) is 5.26 Å². The zero-order valence-corrected chi connectivity index (χ0v) is 16.9. The molecule has 0 spiro atoms. The fraction of sp³-hybridized carbons (Fsp3) is 0.100. The highest BCUT2D eigenvalue weighted by Gasteiger charge is 2.37. The van der Waals surface area contributed by atoms with Crippen molar-refractivity contribution in [2.24, 2.45) is 4.99 Å². The molecule has 4 rings (SSSR count). The van der Waals surface area contributed by atoms with Gasteiger partial charge >= 0.3 is 6.18 Å². The van der Waals surface area contributed by atoms with Crippen LogP contribution in [0.2, 0.25) is 0 Å². The second-order valence-corrected chi connectivity index (χ2v) is 7.28. The van der Waals surface area contributed by atoms with E-state index in [0.717, 1.165) is 6.07 Å². The molecule has 3 aromatic rings. The number of carbonyl (C=O) groups excluding carboxylic acids is 1. The summed E-state index contributed by atoms with van der Waals surface area (Å²) in [5.41, 5.74) is -0.414. The molecule has 0 aliphatic carbocycles. The van der Waals surface area contributed by atoms with E-state index < -0.39 is 17.8 Å². The van der Waals surface area contributed by atoms with Crippen LogP contribution in [0.5, 0.6) is 0 Å². The molecule has 0 radical (unpaired) electrons. The molecule has 0 bridgehead atoms. The summed E-state index contributed by atoms with van der Waals surface area (Å²) < 4.78 is 41.3. The molecule has 0 atom stereocenters. The number of nitrogens with one attached hydrogen (secondary N) is 1. The maximum atomic E-state index is 13.6. The number of hydrogen-bond donors (Lipinski definition) is 1. The number of nitriles is 1. The number of benzene rings is 1. The van der Waals surface area contributed by atoms with Crippen LogP contribution in [0, 0.1) is 11.3 Å². The van der Waals surface area contributed by atoms with Gasteiger partial charge in [-0.1, -0.05) is 23.9 Å². The Morgan fingerprint density at radius 2 is 2.03 bits per heavy atom. The number of hydrogen-bond acceptors (Lipinski definition) is 7. The summed E-state index contributed by atoms with van der Waals surface area (Å²) >= 11 is 1.18. The average molecular weight is 455 g/mol. The molecule has 0 saturated heterocycles. The second kappa shape index (κ2) is 8.64. The van der Waals surface area contributed by atoms with Gasteiger partial charge in [0.25, 0.3) is 5.91 Å². The molecule has 160 valence electrons. The van der Waals surface area contributed by atoms with Crippen molar-refractivity contribution >= 4 is 28.5 Å². The lowest BCUT2D eigenvalue weighted by atomic mass is 10.1. The van der Waals surface area contributed by atoms with Crippen LogP contribution in [0.15, 0.2) is 58.9 Å².